The molecule has 3 atom stereocenters. The van der Waals surface area contributed by atoms with Crippen LogP contribution in [-0.4, -0.2) is 43.4 Å². The van der Waals surface area contributed by atoms with Crippen molar-refractivity contribution in [1.82, 2.24) is 4.90 Å². The van der Waals surface area contributed by atoms with E-state index in [0.717, 1.165) is 13.0 Å². The van der Waals surface area contributed by atoms with Crippen LogP contribution in [0, 0.1) is 5.92 Å². The highest BCUT2D eigenvalue weighted by atomic mass is 19.1. The fourth-order valence-corrected chi connectivity index (χ4v) is 2.60. The lowest BCUT2D eigenvalue weighted by molar-refractivity contribution is -0.0561. The van der Waals surface area contributed by atoms with E-state index in [1.54, 1.807) is 7.11 Å². The zero-order chi connectivity index (χ0) is 8.77. The van der Waals surface area contributed by atoms with Gasteiger partial charge >= 0.3 is 0 Å². The van der Waals surface area contributed by atoms with Crippen molar-refractivity contribution in [3.05, 3.63) is 0 Å². The molecule has 0 unspecified atom stereocenters. The molecule has 2 saturated heterocycles. The van der Waals surface area contributed by atoms with Crippen molar-refractivity contribution in [2.24, 2.45) is 5.92 Å². The van der Waals surface area contributed by atoms with Crippen molar-refractivity contribution >= 4 is 0 Å². The van der Waals surface area contributed by atoms with E-state index in [1.807, 2.05) is 6.92 Å². The lowest BCUT2D eigenvalue weighted by Gasteiger charge is -2.49. The standard InChI is InChI=1S/C9H16FNO/c1-7-8(10)5-11-4-3-9(7,11)6-12-2/h7-8H,3-6H2,1-2H3/t7-,8-,9-/m0/s1. The Labute approximate surface area is 72.7 Å². The van der Waals surface area contributed by atoms with E-state index >= 15 is 0 Å². The number of ether oxygens (including phenoxy) is 1. The Morgan fingerprint density at radius 3 is 2.83 bits per heavy atom. The van der Waals surface area contributed by atoms with Crippen LogP contribution in [0.1, 0.15) is 13.3 Å². The lowest BCUT2D eigenvalue weighted by atomic mass is 9.78. The Kier molecular flexibility index (Phi) is 1.88. The fourth-order valence-electron chi connectivity index (χ4n) is 2.60. The number of alkyl halides is 1. The van der Waals surface area contributed by atoms with Crippen molar-refractivity contribution in [2.45, 2.75) is 25.1 Å². The van der Waals surface area contributed by atoms with Crippen molar-refractivity contribution < 1.29 is 9.13 Å². The van der Waals surface area contributed by atoms with Crippen molar-refractivity contribution in [3.8, 4) is 0 Å². The second kappa shape index (κ2) is 2.67. The van der Waals surface area contributed by atoms with Gasteiger partial charge in [-0.05, 0) is 6.42 Å². The summed E-state index contributed by atoms with van der Waals surface area (Å²) in [4.78, 5) is 2.23. The average molecular weight is 173 g/mol. The lowest BCUT2D eigenvalue weighted by Crippen LogP contribution is -2.61. The van der Waals surface area contributed by atoms with E-state index in [9.17, 15) is 4.39 Å². The van der Waals surface area contributed by atoms with E-state index < -0.39 is 6.17 Å². The zero-order valence-electron chi connectivity index (χ0n) is 7.72. The molecule has 0 aromatic carbocycles. The molecule has 0 saturated carbocycles. The number of halogens is 1. The second-order valence-corrected chi connectivity index (χ2v) is 4.04. The highest BCUT2D eigenvalue weighted by Crippen LogP contribution is 2.45. The summed E-state index contributed by atoms with van der Waals surface area (Å²) in [5.74, 6) is 0.145. The molecule has 2 rings (SSSR count). The van der Waals surface area contributed by atoms with E-state index in [4.69, 9.17) is 4.74 Å². The van der Waals surface area contributed by atoms with Gasteiger partial charge in [-0.3, -0.25) is 4.90 Å². The average Bonchev–Trinajstić information content (AvgIpc) is 2.18. The zero-order valence-corrected chi connectivity index (χ0v) is 7.72. The molecule has 0 bridgehead atoms. The SMILES string of the molecule is COC[C@]12CCN1C[C@H](F)[C@@H]2C. The van der Waals surface area contributed by atoms with Crippen LogP contribution in [0.2, 0.25) is 0 Å². The minimum absolute atomic E-state index is 0.0498. The van der Waals surface area contributed by atoms with Gasteiger partial charge in [0, 0.05) is 26.1 Å². The van der Waals surface area contributed by atoms with E-state index in [-0.39, 0.29) is 11.5 Å². The molecule has 0 spiro atoms. The van der Waals surface area contributed by atoms with Crippen LogP contribution in [0.3, 0.4) is 0 Å². The molecule has 0 amide bonds. The van der Waals surface area contributed by atoms with Gasteiger partial charge in [0.2, 0.25) is 0 Å². The summed E-state index contributed by atoms with van der Waals surface area (Å²) < 4.78 is 18.5. The molecule has 2 nitrogen and oxygen atoms in total. The van der Waals surface area contributed by atoms with Crippen LogP contribution in [0.25, 0.3) is 0 Å². The molecular weight excluding hydrogens is 157 g/mol. The third kappa shape index (κ3) is 0.866. The summed E-state index contributed by atoms with van der Waals surface area (Å²) in [6, 6.07) is 0. The number of hydrogen-bond acceptors (Lipinski definition) is 2. The largest absolute Gasteiger partial charge is 0.383 e. The predicted octanol–water partition coefficient (Wildman–Crippen LogP) is 1.07. The molecule has 0 N–H and O–H groups in total. The van der Waals surface area contributed by atoms with Gasteiger partial charge in [0.15, 0.2) is 0 Å². The molecule has 0 aromatic heterocycles. The van der Waals surface area contributed by atoms with Gasteiger partial charge in [0.05, 0.1) is 12.1 Å². The van der Waals surface area contributed by atoms with Crippen molar-refractivity contribution in [2.75, 3.05) is 26.8 Å². The highest BCUT2D eigenvalue weighted by molar-refractivity contribution is 5.10. The molecule has 70 valence electrons. The quantitative estimate of drug-likeness (QED) is 0.619. The first kappa shape index (κ1) is 8.45. The minimum atomic E-state index is -0.650. The van der Waals surface area contributed by atoms with E-state index in [2.05, 4.69) is 4.90 Å². The second-order valence-electron chi connectivity index (χ2n) is 4.04. The number of hydrogen-bond donors (Lipinski definition) is 0. The first-order valence-electron chi connectivity index (χ1n) is 4.59. The first-order chi connectivity index (χ1) is 5.70. The van der Waals surface area contributed by atoms with Gasteiger partial charge in [-0.2, -0.15) is 0 Å². The fraction of sp³-hybridized carbons (Fsp3) is 1.00. The maximum atomic E-state index is 13.3. The Bertz CT molecular complexity index is 187. The van der Waals surface area contributed by atoms with E-state index in [0.29, 0.717) is 13.2 Å². The van der Waals surface area contributed by atoms with Crippen LogP contribution in [0.5, 0.6) is 0 Å². The van der Waals surface area contributed by atoms with Crippen molar-refractivity contribution in [1.29, 1.82) is 0 Å². The molecular formula is C9H16FNO. The highest BCUT2D eigenvalue weighted by Gasteiger charge is 2.57. The molecule has 2 fully saturated rings. The van der Waals surface area contributed by atoms with Crippen molar-refractivity contribution in [3.63, 3.8) is 0 Å². The number of nitrogens with zero attached hydrogens (tertiary/aromatic N) is 1. The van der Waals surface area contributed by atoms with E-state index in [1.165, 1.54) is 0 Å². The molecule has 2 aliphatic heterocycles. The van der Waals surface area contributed by atoms with Crippen LogP contribution in [-0.2, 0) is 4.74 Å². The maximum Gasteiger partial charge on any atom is 0.117 e. The predicted molar refractivity (Wildman–Crippen MR) is 44.9 cm³/mol. The number of methoxy groups -OCH3 is 1. The van der Waals surface area contributed by atoms with Gasteiger partial charge < -0.3 is 4.74 Å². The Hall–Kier alpha value is -0.150. The Morgan fingerprint density at radius 1 is 1.67 bits per heavy atom. The monoisotopic (exact) mass is 173 g/mol. The Morgan fingerprint density at radius 2 is 2.42 bits per heavy atom. The third-order valence-corrected chi connectivity index (χ3v) is 3.62. The minimum Gasteiger partial charge on any atom is -0.383 e. The number of rotatable bonds is 2. The maximum absolute atomic E-state index is 13.3. The summed E-state index contributed by atoms with van der Waals surface area (Å²) in [5.41, 5.74) is 0.0498. The molecule has 2 aliphatic rings. The van der Waals surface area contributed by atoms with Gasteiger partial charge in [-0.15, -0.1) is 0 Å². The first-order valence-corrected chi connectivity index (χ1v) is 4.59. The van der Waals surface area contributed by atoms with Crippen LogP contribution < -0.4 is 0 Å². The van der Waals surface area contributed by atoms with Gasteiger partial charge in [-0.25, -0.2) is 4.39 Å². The molecule has 3 heteroatoms. The Balaban J connectivity index is 2.12. The third-order valence-electron chi connectivity index (χ3n) is 3.62. The van der Waals surface area contributed by atoms with Gasteiger partial charge in [-0.1, -0.05) is 6.92 Å². The summed E-state index contributed by atoms with van der Waals surface area (Å²) in [5, 5.41) is 0. The summed E-state index contributed by atoms with van der Waals surface area (Å²) >= 11 is 0. The summed E-state index contributed by atoms with van der Waals surface area (Å²) in [7, 11) is 1.70. The molecule has 12 heavy (non-hydrogen) atoms. The molecule has 0 aromatic rings. The molecule has 0 aliphatic carbocycles. The molecule has 2 heterocycles. The van der Waals surface area contributed by atoms with Crippen LogP contribution >= 0.6 is 0 Å². The van der Waals surface area contributed by atoms with Gasteiger partial charge in [0.1, 0.15) is 6.17 Å². The van der Waals surface area contributed by atoms with Crippen LogP contribution in [0.15, 0.2) is 0 Å². The van der Waals surface area contributed by atoms with Gasteiger partial charge in [0.25, 0.3) is 0 Å². The summed E-state index contributed by atoms with van der Waals surface area (Å²) in [6.45, 7) is 4.36. The molecule has 0 radical (unpaired) electrons. The smallest absolute Gasteiger partial charge is 0.117 e. The summed E-state index contributed by atoms with van der Waals surface area (Å²) in [6.07, 6.45) is 0.449. The van der Waals surface area contributed by atoms with Crippen LogP contribution in [0.4, 0.5) is 4.39 Å². The normalized spacial score (nSPS) is 47.2. The number of fused-ring (bicyclic) bond motifs is 1. The topological polar surface area (TPSA) is 12.5 Å².